The van der Waals surface area contributed by atoms with E-state index in [1.807, 2.05) is 28.0 Å². The molecule has 0 saturated carbocycles. The summed E-state index contributed by atoms with van der Waals surface area (Å²) in [4.78, 5) is 28.1. The highest BCUT2D eigenvalue weighted by molar-refractivity contribution is 5.94. The Morgan fingerprint density at radius 3 is 2.96 bits per heavy atom. The molecule has 1 aromatic rings. The number of carbonyl (C=O) groups excluding carboxylic acids is 2. The zero-order valence-corrected chi connectivity index (χ0v) is 13.5. The number of amides is 3. The lowest BCUT2D eigenvalue weighted by molar-refractivity contribution is 0.136. The normalized spacial score (nSPS) is 20.1. The van der Waals surface area contributed by atoms with Crippen LogP contribution in [0.15, 0.2) is 24.3 Å². The van der Waals surface area contributed by atoms with E-state index < -0.39 is 6.09 Å². The molecule has 0 spiro atoms. The minimum absolute atomic E-state index is 0.0327. The maximum atomic E-state index is 12.8. The number of rotatable bonds is 2. The van der Waals surface area contributed by atoms with Gasteiger partial charge >= 0.3 is 12.1 Å². The van der Waals surface area contributed by atoms with Crippen LogP contribution in [-0.2, 0) is 11.2 Å². The third-order valence-corrected chi connectivity index (χ3v) is 4.41. The van der Waals surface area contributed by atoms with Gasteiger partial charge < -0.3 is 15.0 Å². The number of alkyl carbamates (subject to hydrolysis) is 1. The molecule has 3 rings (SSSR count). The van der Waals surface area contributed by atoms with Crippen molar-refractivity contribution in [2.75, 3.05) is 31.1 Å². The number of ether oxygens (including phenoxy) is 1. The highest BCUT2D eigenvalue weighted by Gasteiger charge is 2.31. The predicted octanol–water partition coefficient (Wildman–Crippen LogP) is 2.38. The summed E-state index contributed by atoms with van der Waals surface area (Å²) >= 11 is 0. The van der Waals surface area contributed by atoms with Gasteiger partial charge in [-0.1, -0.05) is 18.2 Å². The number of hydrogen-bond acceptors (Lipinski definition) is 3. The fourth-order valence-electron chi connectivity index (χ4n) is 3.32. The van der Waals surface area contributed by atoms with Crippen LogP contribution >= 0.6 is 0 Å². The molecule has 2 aliphatic heterocycles. The Morgan fingerprint density at radius 2 is 2.13 bits per heavy atom. The molecule has 6 heteroatoms. The second-order valence-corrected chi connectivity index (χ2v) is 5.96. The summed E-state index contributed by atoms with van der Waals surface area (Å²) in [6.45, 7) is 4.13. The molecule has 0 bridgehead atoms. The van der Waals surface area contributed by atoms with Gasteiger partial charge in [-0.25, -0.2) is 9.59 Å². The predicted molar refractivity (Wildman–Crippen MR) is 87.6 cm³/mol. The highest BCUT2D eigenvalue weighted by atomic mass is 16.5. The Balaban J connectivity index is 1.63. The molecular weight excluding hydrogens is 294 g/mol. The Morgan fingerprint density at radius 1 is 1.30 bits per heavy atom. The summed E-state index contributed by atoms with van der Waals surface area (Å²) in [6, 6.07) is 8.04. The number of nitrogens with zero attached hydrogens (tertiary/aromatic N) is 2. The number of benzene rings is 1. The summed E-state index contributed by atoms with van der Waals surface area (Å²) in [5, 5.41) is 2.84. The topological polar surface area (TPSA) is 61.9 Å². The largest absolute Gasteiger partial charge is 0.450 e. The standard InChI is InChI=1S/C17H23N3O3/c1-2-23-16(21)18-14-7-5-10-19(12-14)17(22)20-11-9-13-6-3-4-8-15(13)20/h3-4,6,8,14H,2,5,7,9-12H2,1H3,(H,18,21). The number of carbonyl (C=O) groups is 2. The van der Waals surface area contributed by atoms with Crippen molar-refractivity contribution in [3.05, 3.63) is 29.8 Å². The zero-order chi connectivity index (χ0) is 16.2. The van der Waals surface area contributed by atoms with Crippen molar-refractivity contribution in [3.8, 4) is 0 Å². The van der Waals surface area contributed by atoms with Crippen LogP contribution < -0.4 is 10.2 Å². The molecule has 1 unspecified atom stereocenters. The molecule has 0 aromatic heterocycles. The van der Waals surface area contributed by atoms with E-state index in [4.69, 9.17) is 4.74 Å². The number of anilines is 1. The van der Waals surface area contributed by atoms with Crippen molar-refractivity contribution < 1.29 is 14.3 Å². The van der Waals surface area contributed by atoms with Gasteiger partial charge in [-0.15, -0.1) is 0 Å². The maximum absolute atomic E-state index is 12.8. The number of fused-ring (bicyclic) bond motifs is 1. The van der Waals surface area contributed by atoms with E-state index in [0.717, 1.165) is 38.0 Å². The van der Waals surface area contributed by atoms with Gasteiger partial charge in [0.05, 0.1) is 6.61 Å². The van der Waals surface area contributed by atoms with Gasteiger partial charge in [-0.05, 0) is 37.8 Å². The van der Waals surface area contributed by atoms with Crippen molar-refractivity contribution in [2.45, 2.75) is 32.2 Å². The summed E-state index contributed by atoms with van der Waals surface area (Å²) in [7, 11) is 0. The SMILES string of the molecule is CCOC(=O)NC1CCCN(C(=O)N2CCc3ccccc32)C1. The summed E-state index contributed by atoms with van der Waals surface area (Å²) in [5.41, 5.74) is 2.23. The van der Waals surface area contributed by atoms with Gasteiger partial charge in [0.2, 0.25) is 0 Å². The lowest BCUT2D eigenvalue weighted by Crippen LogP contribution is -2.53. The minimum atomic E-state index is -0.404. The van der Waals surface area contributed by atoms with Crippen LogP contribution in [0.3, 0.4) is 0 Å². The molecule has 2 heterocycles. The Kier molecular flexibility index (Phi) is 4.69. The van der Waals surface area contributed by atoms with Crippen molar-refractivity contribution >= 4 is 17.8 Å². The smallest absolute Gasteiger partial charge is 0.407 e. The fraction of sp³-hybridized carbons (Fsp3) is 0.529. The van der Waals surface area contributed by atoms with Crippen LogP contribution in [0.2, 0.25) is 0 Å². The van der Waals surface area contributed by atoms with E-state index in [-0.39, 0.29) is 12.1 Å². The van der Waals surface area contributed by atoms with E-state index in [1.54, 1.807) is 6.92 Å². The van der Waals surface area contributed by atoms with Crippen LogP contribution in [0.5, 0.6) is 0 Å². The van der Waals surface area contributed by atoms with Gasteiger partial charge in [-0.2, -0.15) is 0 Å². The van der Waals surface area contributed by atoms with Crippen LogP contribution in [-0.4, -0.2) is 49.3 Å². The molecule has 2 aliphatic rings. The van der Waals surface area contributed by atoms with E-state index >= 15 is 0 Å². The quantitative estimate of drug-likeness (QED) is 0.911. The van der Waals surface area contributed by atoms with Crippen LogP contribution in [0.1, 0.15) is 25.3 Å². The number of para-hydroxylation sites is 1. The molecule has 1 atom stereocenters. The average molecular weight is 317 g/mol. The summed E-state index contributed by atoms with van der Waals surface area (Å²) in [5.74, 6) is 0. The number of urea groups is 1. The first-order valence-corrected chi connectivity index (χ1v) is 8.26. The summed E-state index contributed by atoms with van der Waals surface area (Å²) in [6.07, 6.45) is 2.26. The number of hydrogen-bond donors (Lipinski definition) is 1. The van der Waals surface area contributed by atoms with Crippen molar-refractivity contribution in [3.63, 3.8) is 0 Å². The van der Waals surface area contributed by atoms with Crippen molar-refractivity contribution in [1.29, 1.82) is 0 Å². The van der Waals surface area contributed by atoms with E-state index in [9.17, 15) is 9.59 Å². The Labute approximate surface area is 136 Å². The first-order valence-electron chi connectivity index (χ1n) is 8.26. The lowest BCUT2D eigenvalue weighted by atomic mass is 10.1. The van der Waals surface area contributed by atoms with Crippen molar-refractivity contribution in [1.82, 2.24) is 10.2 Å². The fourth-order valence-corrected chi connectivity index (χ4v) is 3.32. The van der Waals surface area contributed by atoms with Gasteiger partial charge in [0.25, 0.3) is 0 Å². The highest BCUT2D eigenvalue weighted by Crippen LogP contribution is 2.29. The van der Waals surface area contributed by atoms with Crippen molar-refractivity contribution in [2.24, 2.45) is 0 Å². The molecule has 6 nitrogen and oxygen atoms in total. The van der Waals surface area contributed by atoms with E-state index in [1.165, 1.54) is 5.56 Å². The molecule has 1 N–H and O–H groups in total. The first kappa shape index (κ1) is 15.6. The second kappa shape index (κ2) is 6.89. The molecule has 1 saturated heterocycles. The molecule has 1 aromatic carbocycles. The van der Waals surface area contributed by atoms with Crippen LogP contribution in [0.4, 0.5) is 15.3 Å². The van der Waals surface area contributed by atoms with E-state index in [2.05, 4.69) is 11.4 Å². The molecule has 3 amide bonds. The third kappa shape index (κ3) is 3.41. The number of likely N-dealkylation sites (tertiary alicyclic amines) is 1. The summed E-state index contributed by atoms with van der Waals surface area (Å²) < 4.78 is 4.92. The zero-order valence-electron chi connectivity index (χ0n) is 13.5. The van der Waals surface area contributed by atoms with Gasteiger partial charge in [0, 0.05) is 31.4 Å². The van der Waals surface area contributed by atoms with Gasteiger partial charge in [0.15, 0.2) is 0 Å². The molecule has 1 fully saturated rings. The first-order chi connectivity index (χ1) is 11.2. The Hall–Kier alpha value is -2.24. The molecule has 0 aliphatic carbocycles. The number of nitrogens with one attached hydrogen (secondary N) is 1. The molecule has 124 valence electrons. The maximum Gasteiger partial charge on any atom is 0.407 e. The number of piperidine rings is 1. The minimum Gasteiger partial charge on any atom is -0.450 e. The van der Waals surface area contributed by atoms with Gasteiger partial charge in [0.1, 0.15) is 0 Å². The third-order valence-electron chi connectivity index (χ3n) is 4.41. The Bertz CT molecular complexity index is 590. The molecular formula is C17H23N3O3. The monoisotopic (exact) mass is 317 g/mol. The van der Waals surface area contributed by atoms with Crippen LogP contribution in [0.25, 0.3) is 0 Å². The van der Waals surface area contributed by atoms with Crippen LogP contribution in [0, 0.1) is 0 Å². The molecule has 0 radical (unpaired) electrons. The van der Waals surface area contributed by atoms with E-state index in [0.29, 0.717) is 13.2 Å². The van der Waals surface area contributed by atoms with Gasteiger partial charge in [-0.3, -0.25) is 4.90 Å². The second-order valence-electron chi connectivity index (χ2n) is 5.96. The lowest BCUT2D eigenvalue weighted by Gasteiger charge is -2.35. The molecule has 23 heavy (non-hydrogen) atoms. The average Bonchev–Trinajstić information content (AvgIpc) is 2.98.